The Bertz CT molecular complexity index is 807. The number of piperidine rings is 3. The number of hydrogen-bond donors (Lipinski definition) is 3. The monoisotopic (exact) mass is 388 g/mol. The number of benzene rings is 1. The van der Waals surface area contributed by atoms with Crippen LogP contribution in [0.4, 0.5) is 4.39 Å². The number of halogens is 1. The number of aromatic nitrogens is 3. The summed E-state index contributed by atoms with van der Waals surface area (Å²) >= 11 is 0. The smallest absolute Gasteiger partial charge is 0.229 e. The third kappa shape index (κ3) is 4.23. The Morgan fingerprint density at radius 2 is 2.21 bits per heavy atom. The van der Waals surface area contributed by atoms with Crippen LogP contribution in [0.1, 0.15) is 24.1 Å². The van der Waals surface area contributed by atoms with Crippen molar-refractivity contribution in [2.45, 2.75) is 38.5 Å². The van der Waals surface area contributed by atoms with E-state index >= 15 is 0 Å². The lowest BCUT2D eigenvalue weighted by Gasteiger charge is -2.46. The summed E-state index contributed by atoms with van der Waals surface area (Å²) in [6.07, 6.45) is 4.20. The van der Waals surface area contributed by atoms with Crippen LogP contribution in [-0.2, 0) is 24.4 Å². The molecule has 3 fully saturated rings. The second kappa shape index (κ2) is 8.36. The minimum absolute atomic E-state index is 0.0708. The first-order chi connectivity index (χ1) is 13.6. The first-order valence-electron chi connectivity index (χ1n) is 10.2. The van der Waals surface area contributed by atoms with Crippen molar-refractivity contribution in [2.75, 3.05) is 20.1 Å². The van der Waals surface area contributed by atoms with Crippen LogP contribution in [0.15, 0.2) is 30.5 Å². The Morgan fingerprint density at radius 3 is 2.93 bits per heavy atom. The summed E-state index contributed by atoms with van der Waals surface area (Å²) in [7, 11) is 2.02. The molecule has 5 rings (SSSR count). The van der Waals surface area contributed by atoms with Gasteiger partial charge in [0.05, 0.1) is 38.8 Å². The van der Waals surface area contributed by atoms with Gasteiger partial charge in [-0.05, 0) is 23.6 Å². The van der Waals surface area contributed by atoms with Crippen LogP contribution >= 0.6 is 0 Å². The second-order valence-electron chi connectivity index (χ2n) is 8.09. The van der Waals surface area contributed by atoms with E-state index in [1.165, 1.54) is 17.0 Å². The topological polar surface area (TPSA) is 80.9 Å². The van der Waals surface area contributed by atoms with Crippen molar-refractivity contribution in [1.29, 1.82) is 0 Å². The van der Waals surface area contributed by atoms with Crippen molar-refractivity contribution in [3.05, 3.63) is 47.5 Å². The summed E-state index contributed by atoms with van der Waals surface area (Å²) in [4.78, 5) is 14.2. The van der Waals surface area contributed by atoms with Crippen LogP contribution in [-0.4, -0.2) is 47.1 Å². The minimum Gasteiger partial charge on any atom is -0.352 e. The number of carbonyl (C=O) groups excluding carboxylic acids is 1. The normalized spacial score (nSPS) is 26.4. The zero-order valence-corrected chi connectivity index (χ0v) is 16.3. The number of amides is 1. The first-order valence-corrected chi connectivity index (χ1v) is 10.2. The summed E-state index contributed by atoms with van der Waals surface area (Å²) in [5, 5.41) is 13.6. The van der Waals surface area contributed by atoms with Crippen molar-refractivity contribution >= 4 is 5.91 Å². The summed E-state index contributed by atoms with van der Waals surface area (Å²) in [6.45, 7) is 4.18. The van der Waals surface area contributed by atoms with Gasteiger partial charge < -0.3 is 15.5 Å². The number of fused-ring (bicyclic) bond motifs is 3. The molecule has 28 heavy (non-hydrogen) atoms. The lowest BCUT2D eigenvalue weighted by atomic mass is 9.75. The summed E-state index contributed by atoms with van der Waals surface area (Å²) in [5.74, 6) is 0.380. The second-order valence-corrected chi connectivity index (χ2v) is 8.09. The van der Waals surface area contributed by atoms with E-state index in [0.29, 0.717) is 18.5 Å². The van der Waals surface area contributed by atoms with Gasteiger partial charge in [0.25, 0.3) is 0 Å². The Hall–Kier alpha value is -2.32. The van der Waals surface area contributed by atoms with Crippen LogP contribution in [0.2, 0.25) is 0 Å². The zero-order chi connectivity index (χ0) is 19.5. The van der Waals surface area contributed by atoms with Crippen LogP contribution in [0.5, 0.6) is 0 Å². The van der Waals surface area contributed by atoms with Crippen molar-refractivity contribution in [3.63, 3.8) is 0 Å². The van der Waals surface area contributed by atoms with E-state index in [2.05, 4.69) is 20.9 Å². The summed E-state index contributed by atoms with van der Waals surface area (Å²) < 4.78 is 15.0. The van der Waals surface area contributed by atoms with E-state index in [9.17, 15) is 9.18 Å². The predicted octanol–water partition coefficient (Wildman–Crippen LogP) is -1.28. The van der Waals surface area contributed by atoms with E-state index in [1.807, 2.05) is 17.9 Å². The van der Waals surface area contributed by atoms with E-state index in [1.54, 1.807) is 12.1 Å². The first kappa shape index (κ1) is 19.0. The van der Waals surface area contributed by atoms with Gasteiger partial charge in [0, 0.05) is 19.4 Å². The number of hydrogen-bond acceptors (Lipinski definition) is 3. The van der Waals surface area contributed by atoms with Gasteiger partial charge in [-0.2, -0.15) is 0 Å². The molecule has 3 saturated heterocycles. The Balaban J connectivity index is 1.31. The minimum atomic E-state index is -0.255. The molecule has 3 aliphatic heterocycles. The number of rotatable bonds is 7. The molecule has 7 nitrogen and oxygen atoms in total. The molecule has 0 saturated carbocycles. The maximum atomic E-state index is 13.0. The molecule has 1 aromatic carbocycles. The third-order valence-corrected chi connectivity index (χ3v) is 6.18. The van der Waals surface area contributed by atoms with Crippen molar-refractivity contribution in [2.24, 2.45) is 11.8 Å². The fraction of sp³-hybridized carbons (Fsp3) is 0.550. The number of carbonyl (C=O) groups is 1. The Kier molecular flexibility index (Phi) is 5.68. The summed E-state index contributed by atoms with van der Waals surface area (Å²) in [5.41, 5.74) is 1.93. The fourth-order valence-corrected chi connectivity index (χ4v) is 4.70. The molecule has 2 aromatic rings. The molecule has 0 radical (unpaired) electrons. The average Bonchev–Trinajstić information content (AvgIpc) is 3.15. The lowest BCUT2D eigenvalue weighted by molar-refractivity contribution is -0.945. The average molecular weight is 388 g/mol. The van der Waals surface area contributed by atoms with Gasteiger partial charge in [0.1, 0.15) is 24.1 Å². The lowest BCUT2D eigenvalue weighted by Crippen LogP contribution is -3.20. The molecule has 4 N–H and O–H groups in total. The number of nitrogens with two attached hydrogens (primary N) is 1. The molecule has 150 valence electrons. The molecule has 0 aliphatic carbocycles. The van der Waals surface area contributed by atoms with Gasteiger partial charge in [-0.1, -0.05) is 17.3 Å². The molecule has 1 unspecified atom stereocenters. The number of nitrogens with zero attached hydrogens (tertiary/aromatic N) is 3. The van der Waals surface area contributed by atoms with Gasteiger partial charge in [0.15, 0.2) is 0 Å². The maximum absolute atomic E-state index is 13.0. The highest BCUT2D eigenvalue weighted by atomic mass is 19.1. The highest BCUT2D eigenvalue weighted by molar-refractivity contribution is 5.79. The fourth-order valence-electron chi connectivity index (χ4n) is 4.70. The van der Waals surface area contributed by atoms with Gasteiger partial charge in [-0.25, -0.2) is 9.07 Å². The van der Waals surface area contributed by atoms with E-state index in [4.69, 9.17) is 0 Å². The van der Waals surface area contributed by atoms with Crippen molar-refractivity contribution in [3.8, 4) is 0 Å². The molecule has 8 heteroatoms. The van der Waals surface area contributed by atoms with E-state index in [0.717, 1.165) is 50.3 Å². The van der Waals surface area contributed by atoms with Crippen molar-refractivity contribution < 1.29 is 19.4 Å². The molecule has 1 aromatic heterocycles. The zero-order valence-electron chi connectivity index (χ0n) is 16.3. The van der Waals surface area contributed by atoms with E-state index in [-0.39, 0.29) is 17.6 Å². The van der Waals surface area contributed by atoms with E-state index < -0.39 is 0 Å². The quantitative estimate of drug-likeness (QED) is 0.553. The third-order valence-electron chi connectivity index (χ3n) is 6.18. The molecule has 4 heterocycles. The van der Waals surface area contributed by atoms with Gasteiger partial charge in [0.2, 0.25) is 5.91 Å². The molecule has 4 atom stereocenters. The Labute approximate surface area is 164 Å². The van der Waals surface area contributed by atoms with Crippen LogP contribution in [0, 0.1) is 17.7 Å². The standard InChI is InChI=1S/C20H27FN6O/c1-22-10-17-11-27(25-24-17)12-18-8-15-6-7-26(18)13-19(15)20(28)23-9-14-2-4-16(21)5-3-14/h2-5,11,15,18-19,22H,6-10,12-13H2,1H3,(H,23,28)/p+2/t15-,18-,19+/m1/s1. The number of nitrogens with one attached hydrogen (secondary N) is 2. The Morgan fingerprint density at radius 1 is 1.39 bits per heavy atom. The molecule has 2 bridgehead atoms. The van der Waals surface area contributed by atoms with Gasteiger partial charge in [-0.3, -0.25) is 4.79 Å². The number of quaternary nitrogens is 2. The summed E-state index contributed by atoms with van der Waals surface area (Å²) in [6, 6.07) is 6.80. The maximum Gasteiger partial charge on any atom is 0.229 e. The molecule has 3 aliphatic rings. The van der Waals surface area contributed by atoms with Gasteiger partial charge >= 0.3 is 0 Å². The largest absolute Gasteiger partial charge is 0.352 e. The van der Waals surface area contributed by atoms with Gasteiger partial charge in [-0.15, -0.1) is 5.10 Å². The van der Waals surface area contributed by atoms with Crippen molar-refractivity contribution in [1.82, 2.24) is 20.3 Å². The highest BCUT2D eigenvalue weighted by Gasteiger charge is 2.46. The predicted molar refractivity (Wildman–Crippen MR) is 101 cm³/mol. The van der Waals surface area contributed by atoms with Crippen LogP contribution in [0.25, 0.3) is 0 Å². The van der Waals surface area contributed by atoms with Crippen LogP contribution in [0.3, 0.4) is 0 Å². The molecule has 1 amide bonds. The van der Waals surface area contributed by atoms with Crippen LogP contribution < -0.4 is 15.5 Å². The SMILES string of the molecule is C[NH2+]Cc1cn(C[C@H]2C[C@H]3CC[NH+]2C[C@@H]3C(=O)NCc2ccc(F)cc2)nn1. The highest BCUT2D eigenvalue weighted by Crippen LogP contribution is 2.27. The molecular formula is C20H29FN6O+2. The molecule has 0 spiro atoms. The molecular weight excluding hydrogens is 359 g/mol.